The highest BCUT2D eigenvalue weighted by molar-refractivity contribution is 5.98. The van der Waals surface area contributed by atoms with Crippen molar-refractivity contribution < 1.29 is 9.59 Å². The Kier molecular flexibility index (Phi) is 3.99. The van der Waals surface area contributed by atoms with Crippen molar-refractivity contribution in [3.05, 3.63) is 23.9 Å². The molecule has 2 heterocycles. The van der Waals surface area contributed by atoms with Crippen LogP contribution in [0.3, 0.4) is 0 Å². The van der Waals surface area contributed by atoms with E-state index < -0.39 is 11.9 Å². The highest BCUT2D eigenvalue weighted by Gasteiger charge is 2.24. The number of nitrogens with one attached hydrogen (secondary N) is 1. The normalized spacial score (nSPS) is 16.2. The van der Waals surface area contributed by atoms with E-state index in [1.807, 2.05) is 4.90 Å². The smallest absolute Gasteiger partial charge is 0.252 e. The Hall–Kier alpha value is -2.11. The minimum absolute atomic E-state index is 0.0265. The zero-order chi connectivity index (χ0) is 13.8. The summed E-state index contributed by atoms with van der Waals surface area (Å²) in [6.45, 7) is 3.37. The summed E-state index contributed by atoms with van der Waals surface area (Å²) in [6, 6.07) is 2.80. The number of carbonyl (C=O) groups excluding carboxylic acids is 2. The summed E-state index contributed by atoms with van der Waals surface area (Å²) in [4.78, 5) is 29.3. The topological polar surface area (TPSA) is 88.3 Å². The lowest BCUT2D eigenvalue weighted by Crippen LogP contribution is -2.40. The minimum atomic E-state index is -0.559. The summed E-state index contributed by atoms with van der Waals surface area (Å²) in [5.41, 5.74) is 5.57. The molecule has 6 nitrogen and oxygen atoms in total. The molecule has 1 unspecified atom stereocenters. The van der Waals surface area contributed by atoms with Crippen molar-refractivity contribution in [2.45, 2.75) is 25.8 Å². The van der Waals surface area contributed by atoms with Crippen molar-refractivity contribution in [3.63, 3.8) is 0 Å². The van der Waals surface area contributed by atoms with E-state index in [0.717, 1.165) is 25.9 Å². The van der Waals surface area contributed by atoms with Crippen molar-refractivity contribution in [2.75, 3.05) is 18.4 Å². The Morgan fingerprint density at radius 1 is 1.42 bits per heavy atom. The number of hydrogen-bond donors (Lipinski definition) is 2. The van der Waals surface area contributed by atoms with E-state index in [1.54, 1.807) is 25.3 Å². The van der Waals surface area contributed by atoms with Gasteiger partial charge in [0.25, 0.3) is 5.91 Å². The van der Waals surface area contributed by atoms with Crippen LogP contribution in [0, 0.1) is 0 Å². The van der Waals surface area contributed by atoms with Gasteiger partial charge in [-0.05, 0) is 31.9 Å². The molecule has 0 spiro atoms. The standard InChI is InChI=1S/C13H18N4O2/c1-9(13(19)17-7-2-3-8-17)16-12-10(11(14)18)5-4-6-15-12/h4-6,9H,2-3,7-8H2,1H3,(H2,14,18)(H,15,16). The van der Waals surface area contributed by atoms with Gasteiger partial charge in [0, 0.05) is 19.3 Å². The van der Waals surface area contributed by atoms with Gasteiger partial charge in [-0.3, -0.25) is 9.59 Å². The molecule has 19 heavy (non-hydrogen) atoms. The fourth-order valence-electron chi connectivity index (χ4n) is 2.20. The molecular formula is C13H18N4O2. The Balaban J connectivity index is 2.08. The predicted molar refractivity (Wildman–Crippen MR) is 71.7 cm³/mol. The molecule has 0 aromatic carbocycles. The molecule has 1 aliphatic heterocycles. The summed E-state index contributed by atoms with van der Waals surface area (Å²) in [6.07, 6.45) is 3.66. The van der Waals surface area contributed by atoms with Gasteiger partial charge < -0.3 is 16.0 Å². The molecule has 0 saturated carbocycles. The van der Waals surface area contributed by atoms with Gasteiger partial charge in [-0.1, -0.05) is 0 Å². The number of rotatable bonds is 4. The number of carbonyl (C=O) groups is 2. The first-order valence-electron chi connectivity index (χ1n) is 6.39. The number of pyridine rings is 1. The fraction of sp³-hybridized carbons (Fsp3) is 0.462. The van der Waals surface area contributed by atoms with Crippen LogP contribution >= 0.6 is 0 Å². The van der Waals surface area contributed by atoms with Crippen LogP contribution < -0.4 is 11.1 Å². The van der Waals surface area contributed by atoms with E-state index in [9.17, 15) is 9.59 Å². The molecule has 0 bridgehead atoms. The van der Waals surface area contributed by atoms with Crippen LogP contribution in [-0.2, 0) is 4.79 Å². The average molecular weight is 262 g/mol. The van der Waals surface area contributed by atoms with E-state index in [2.05, 4.69) is 10.3 Å². The highest BCUT2D eigenvalue weighted by atomic mass is 16.2. The van der Waals surface area contributed by atoms with E-state index in [-0.39, 0.29) is 5.91 Å². The average Bonchev–Trinajstić information content (AvgIpc) is 2.92. The third-order valence-electron chi connectivity index (χ3n) is 3.21. The van der Waals surface area contributed by atoms with Crippen LogP contribution in [0.25, 0.3) is 0 Å². The maximum Gasteiger partial charge on any atom is 0.252 e. The van der Waals surface area contributed by atoms with Gasteiger partial charge in [-0.2, -0.15) is 0 Å². The van der Waals surface area contributed by atoms with Crippen LogP contribution in [0.5, 0.6) is 0 Å². The number of anilines is 1. The van der Waals surface area contributed by atoms with E-state index >= 15 is 0 Å². The molecule has 1 aromatic heterocycles. The Labute approximate surface area is 112 Å². The largest absolute Gasteiger partial charge is 0.365 e. The summed E-state index contributed by atoms with van der Waals surface area (Å²) < 4.78 is 0. The van der Waals surface area contributed by atoms with Crippen molar-refractivity contribution in [2.24, 2.45) is 5.73 Å². The highest BCUT2D eigenvalue weighted by Crippen LogP contribution is 2.14. The first-order valence-corrected chi connectivity index (χ1v) is 6.39. The Bertz CT molecular complexity index is 483. The summed E-state index contributed by atoms with van der Waals surface area (Å²) in [5, 5.41) is 2.97. The molecular weight excluding hydrogens is 244 g/mol. The van der Waals surface area contributed by atoms with Gasteiger partial charge in [0.05, 0.1) is 5.56 Å². The van der Waals surface area contributed by atoms with Crippen LogP contribution in [0.2, 0.25) is 0 Å². The molecule has 0 radical (unpaired) electrons. The SMILES string of the molecule is CC(Nc1ncccc1C(N)=O)C(=O)N1CCCC1. The minimum Gasteiger partial charge on any atom is -0.365 e. The number of likely N-dealkylation sites (tertiary alicyclic amines) is 1. The van der Waals surface area contributed by atoms with Crippen LogP contribution in [-0.4, -0.2) is 40.8 Å². The lowest BCUT2D eigenvalue weighted by Gasteiger charge is -2.22. The number of amides is 2. The molecule has 1 atom stereocenters. The second kappa shape index (κ2) is 5.69. The second-order valence-corrected chi connectivity index (χ2v) is 4.66. The number of aromatic nitrogens is 1. The molecule has 1 aromatic rings. The molecule has 2 rings (SSSR count). The van der Waals surface area contributed by atoms with Crippen molar-refractivity contribution in [3.8, 4) is 0 Å². The zero-order valence-electron chi connectivity index (χ0n) is 10.9. The quantitative estimate of drug-likeness (QED) is 0.831. The number of nitrogens with zero attached hydrogens (tertiary/aromatic N) is 2. The molecule has 6 heteroatoms. The number of primary amides is 1. The van der Waals surface area contributed by atoms with Crippen LogP contribution in [0.4, 0.5) is 5.82 Å². The third-order valence-corrected chi connectivity index (χ3v) is 3.21. The lowest BCUT2D eigenvalue weighted by molar-refractivity contribution is -0.130. The van der Waals surface area contributed by atoms with Crippen molar-refractivity contribution >= 4 is 17.6 Å². The first-order chi connectivity index (χ1) is 9.09. The van der Waals surface area contributed by atoms with Gasteiger partial charge in [-0.15, -0.1) is 0 Å². The molecule has 0 aliphatic carbocycles. The van der Waals surface area contributed by atoms with Gasteiger partial charge in [-0.25, -0.2) is 4.98 Å². The van der Waals surface area contributed by atoms with E-state index in [4.69, 9.17) is 5.73 Å². The van der Waals surface area contributed by atoms with E-state index in [0.29, 0.717) is 11.4 Å². The van der Waals surface area contributed by atoms with E-state index in [1.165, 1.54) is 0 Å². The molecule has 2 amide bonds. The Morgan fingerprint density at radius 2 is 2.11 bits per heavy atom. The third kappa shape index (κ3) is 3.01. The lowest BCUT2D eigenvalue weighted by atomic mass is 10.2. The molecule has 102 valence electrons. The van der Waals surface area contributed by atoms with Gasteiger partial charge in [0.1, 0.15) is 11.9 Å². The molecule has 1 aliphatic rings. The monoisotopic (exact) mass is 262 g/mol. The number of nitrogens with two attached hydrogens (primary N) is 1. The number of hydrogen-bond acceptors (Lipinski definition) is 4. The molecule has 1 fully saturated rings. The second-order valence-electron chi connectivity index (χ2n) is 4.66. The van der Waals surface area contributed by atoms with Crippen molar-refractivity contribution in [1.82, 2.24) is 9.88 Å². The van der Waals surface area contributed by atoms with Gasteiger partial charge >= 0.3 is 0 Å². The van der Waals surface area contributed by atoms with Crippen LogP contribution in [0.1, 0.15) is 30.1 Å². The first kappa shape index (κ1) is 13.3. The molecule has 3 N–H and O–H groups in total. The van der Waals surface area contributed by atoms with Gasteiger partial charge in [0.15, 0.2) is 0 Å². The van der Waals surface area contributed by atoms with Crippen LogP contribution in [0.15, 0.2) is 18.3 Å². The zero-order valence-corrected chi connectivity index (χ0v) is 10.9. The summed E-state index contributed by atoms with van der Waals surface area (Å²) in [5.74, 6) is -0.176. The maximum atomic E-state index is 12.2. The van der Waals surface area contributed by atoms with Gasteiger partial charge in [0.2, 0.25) is 5.91 Å². The summed E-state index contributed by atoms with van der Waals surface area (Å²) >= 11 is 0. The van der Waals surface area contributed by atoms with Crippen molar-refractivity contribution in [1.29, 1.82) is 0 Å². The fourth-order valence-corrected chi connectivity index (χ4v) is 2.20. The summed E-state index contributed by atoms with van der Waals surface area (Å²) in [7, 11) is 0. The Morgan fingerprint density at radius 3 is 2.74 bits per heavy atom. The predicted octanol–water partition coefficient (Wildman–Crippen LogP) is 0.603. The maximum absolute atomic E-state index is 12.2. The molecule has 1 saturated heterocycles.